The number of hydrogen-bond donors (Lipinski definition) is 3. The summed E-state index contributed by atoms with van der Waals surface area (Å²) in [5.41, 5.74) is 1.19. The van der Waals surface area contributed by atoms with Crippen LogP contribution < -0.4 is 10.6 Å². The van der Waals surface area contributed by atoms with E-state index < -0.39 is 5.97 Å². The average Bonchev–Trinajstić information content (AvgIpc) is 2.88. The number of hydrogen-bond acceptors (Lipinski definition) is 4. The molecule has 2 aromatic rings. The molecule has 1 saturated carbocycles. The van der Waals surface area contributed by atoms with Crippen molar-refractivity contribution in [2.75, 3.05) is 5.32 Å². The molecule has 0 bridgehead atoms. The molecule has 3 rings (SSSR count). The molecule has 1 amide bonds. The molecular weight excluding hydrogens is 296 g/mol. The normalized spacial score (nSPS) is 19.7. The van der Waals surface area contributed by atoms with Crippen molar-refractivity contribution in [3.05, 3.63) is 47.8 Å². The molecule has 1 aromatic heterocycles. The van der Waals surface area contributed by atoms with E-state index in [0.717, 1.165) is 18.5 Å². The maximum Gasteiger partial charge on any atom is 0.356 e. The van der Waals surface area contributed by atoms with Gasteiger partial charge in [0.2, 0.25) is 0 Å². The maximum atomic E-state index is 12.2. The first-order chi connectivity index (χ1) is 11.0. The minimum absolute atomic E-state index is 0.0897. The van der Waals surface area contributed by atoms with E-state index in [2.05, 4.69) is 15.7 Å². The fourth-order valence-corrected chi connectivity index (χ4v) is 2.67. The van der Waals surface area contributed by atoms with Crippen LogP contribution in [0.15, 0.2) is 36.4 Å². The molecule has 1 heterocycles. The number of aryl methyl sites for hydroxylation is 1. The lowest BCUT2D eigenvalue weighted by molar-refractivity contribution is 0.0689. The van der Waals surface area contributed by atoms with E-state index in [1.54, 1.807) is 7.05 Å². The first kappa shape index (κ1) is 15.1. The van der Waals surface area contributed by atoms with Crippen molar-refractivity contribution in [2.24, 2.45) is 7.05 Å². The summed E-state index contributed by atoms with van der Waals surface area (Å²) in [5, 5.41) is 19.0. The molecule has 0 aliphatic heterocycles. The molecule has 23 heavy (non-hydrogen) atoms. The van der Waals surface area contributed by atoms with Crippen LogP contribution in [0.25, 0.3) is 0 Å². The van der Waals surface area contributed by atoms with Gasteiger partial charge in [-0.05, 0) is 25.0 Å². The second kappa shape index (κ2) is 6.12. The van der Waals surface area contributed by atoms with Gasteiger partial charge in [0.05, 0.1) is 0 Å². The van der Waals surface area contributed by atoms with Gasteiger partial charge in [0, 0.05) is 30.9 Å². The third kappa shape index (κ3) is 3.33. The Kier molecular flexibility index (Phi) is 4.01. The van der Waals surface area contributed by atoms with Gasteiger partial charge < -0.3 is 15.7 Å². The van der Waals surface area contributed by atoms with Gasteiger partial charge >= 0.3 is 5.97 Å². The number of aromatic nitrogens is 2. The number of nitrogens with zero attached hydrogens (tertiary/aromatic N) is 2. The predicted molar refractivity (Wildman–Crippen MR) is 84.5 cm³/mol. The Morgan fingerprint density at radius 1 is 1.22 bits per heavy atom. The van der Waals surface area contributed by atoms with E-state index in [1.165, 1.54) is 10.7 Å². The number of carboxylic acid groups (broad SMARTS) is 1. The molecule has 0 unspecified atom stereocenters. The molecule has 7 nitrogen and oxygen atoms in total. The zero-order chi connectivity index (χ0) is 16.4. The quantitative estimate of drug-likeness (QED) is 0.777. The Balaban J connectivity index is 1.52. The van der Waals surface area contributed by atoms with Crippen molar-refractivity contribution in [3.8, 4) is 0 Å². The molecule has 1 aliphatic carbocycles. The number of para-hydroxylation sites is 1. The number of anilines is 1. The van der Waals surface area contributed by atoms with Crippen molar-refractivity contribution in [1.82, 2.24) is 15.1 Å². The van der Waals surface area contributed by atoms with Crippen LogP contribution >= 0.6 is 0 Å². The summed E-state index contributed by atoms with van der Waals surface area (Å²) in [4.78, 5) is 23.1. The number of aromatic carboxylic acids is 1. The molecule has 1 aliphatic rings. The van der Waals surface area contributed by atoms with Crippen molar-refractivity contribution < 1.29 is 14.7 Å². The summed E-state index contributed by atoms with van der Waals surface area (Å²) in [5.74, 6) is -1.44. The van der Waals surface area contributed by atoms with Crippen LogP contribution in [0.2, 0.25) is 0 Å². The van der Waals surface area contributed by atoms with Gasteiger partial charge in [-0.2, -0.15) is 5.10 Å². The summed E-state index contributed by atoms with van der Waals surface area (Å²) in [6, 6.07) is 11.6. The van der Waals surface area contributed by atoms with E-state index in [0.29, 0.717) is 6.04 Å². The smallest absolute Gasteiger partial charge is 0.356 e. The SMILES string of the molecule is Cn1nc(C(=O)O)cc1C(=O)NC1CC(Nc2ccccc2)C1. The van der Waals surface area contributed by atoms with Gasteiger partial charge in [-0.25, -0.2) is 4.79 Å². The van der Waals surface area contributed by atoms with E-state index in [9.17, 15) is 9.59 Å². The topological polar surface area (TPSA) is 96.2 Å². The van der Waals surface area contributed by atoms with Gasteiger partial charge in [0.15, 0.2) is 5.69 Å². The predicted octanol–water partition coefficient (Wildman–Crippen LogP) is 1.49. The van der Waals surface area contributed by atoms with E-state index in [-0.39, 0.29) is 23.3 Å². The Hall–Kier alpha value is -2.83. The van der Waals surface area contributed by atoms with Gasteiger partial charge in [0.1, 0.15) is 5.69 Å². The first-order valence-corrected chi connectivity index (χ1v) is 7.42. The molecule has 0 saturated heterocycles. The number of carbonyl (C=O) groups excluding carboxylic acids is 1. The van der Waals surface area contributed by atoms with Crippen molar-refractivity contribution >= 4 is 17.6 Å². The number of rotatable bonds is 5. The summed E-state index contributed by atoms with van der Waals surface area (Å²) >= 11 is 0. The highest BCUT2D eigenvalue weighted by atomic mass is 16.4. The Bertz CT molecular complexity index is 720. The molecule has 120 valence electrons. The zero-order valence-electron chi connectivity index (χ0n) is 12.7. The standard InChI is InChI=1S/C16H18N4O3/c1-20-14(9-13(19-20)16(22)23)15(21)18-12-7-11(8-12)17-10-5-3-2-4-6-10/h2-6,9,11-12,17H,7-8H2,1H3,(H,18,21)(H,22,23). The maximum absolute atomic E-state index is 12.2. The monoisotopic (exact) mass is 314 g/mol. The van der Waals surface area contributed by atoms with Crippen LogP contribution in [0, 0.1) is 0 Å². The Labute approximate surface area is 133 Å². The van der Waals surface area contributed by atoms with Crippen LogP contribution in [0.4, 0.5) is 5.69 Å². The highest BCUT2D eigenvalue weighted by Gasteiger charge is 2.31. The second-order valence-electron chi connectivity index (χ2n) is 5.69. The van der Waals surface area contributed by atoms with Crippen LogP contribution in [0.5, 0.6) is 0 Å². The van der Waals surface area contributed by atoms with Crippen LogP contribution in [-0.4, -0.2) is 38.8 Å². The number of carboxylic acids is 1. The first-order valence-electron chi connectivity index (χ1n) is 7.42. The van der Waals surface area contributed by atoms with E-state index in [4.69, 9.17) is 5.11 Å². The zero-order valence-corrected chi connectivity index (χ0v) is 12.7. The molecule has 1 fully saturated rings. The lowest BCUT2D eigenvalue weighted by Crippen LogP contribution is -2.50. The second-order valence-corrected chi connectivity index (χ2v) is 5.69. The molecule has 0 radical (unpaired) electrons. The van der Waals surface area contributed by atoms with Crippen molar-refractivity contribution in [3.63, 3.8) is 0 Å². The van der Waals surface area contributed by atoms with E-state index in [1.807, 2.05) is 30.3 Å². The Morgan fingerprint density at radius 2 is 1.91 bits per heavy atom. The lowest BCUT2D eigenvalue weighted by Gasteiger charge is -2.36. The van der Waals surface area contributed by atoms with Crippen LogP contribution in [0.1, 0.15) is 33.8 Å². The van der Waals surface area contributed by atoms with Crippen LogP contribution in [0.3, 0.4) is 0 Å². The average molecular weight is 314 g/mol. The van der Waals surface area contributed by atoms with Gasteiger partial charge in [0.25, 0.3) is 5.91 Å². The highest BCUT2D eigenvalue weighted by molar-refractivity contribution is 5.95. The third-order valence-corrected chi connectivity index (χ3v) is 3.95. The summed E-state index contributed by atoms with van der Waals surface area (Å²) in [6.45, 7) is 0. The molecule has 0 spiro atoms. The largest absolute Gasteiger partial charge is 0.476 e. The summed E-state index contributed by atoms with van der Waals surface area (Å²) < 4.78 is 1.29. The lowest BCUT2D eigenvalue weighted by atomic mass is 9.86. The van der Waals surface area contributed by atoms with Crippen molar-refractivity contribution in [2.45, 2.75) is 24.9 Å². The van der Waals surface area contributed by atoms with Gasteiger partial charge in [-0.3, -0.25) is 9.48 Å². The minimum Gasteiger partial charge on any atom is -0.476 e. The van der Waals surface area contributed by atoms with Crippen molar-refractivity contribution in [1.29, 1.82) is 0 Å². The van der Waals surface area contributed by atoms with Crippen LogP contribution in [-0.2, 0) is 7.05 Å². The summed E-state index contributed by atoms with van der Waals surface area (Å²) in [6.07, 6.45) is 1.68. The molecule has 0 atom stereocenters. The fraction of sp³-hybridized carbons (Fsp3) is 0.312. The molecule has 1 aromatic carbocycles. The number of benzene rings is 1. The molecule has 3 N–H and O–H groups in total. The minimum atomic E-state index is -1.14. The number of nitrogens with one attached hydrogen (secondary N) is 2. The fourth-order valence-electron chi connectivity index (χ4n) is 2.67. The molecular formula is C16H18N4O3. The van der Waals surface area contributed by atoms with Gasteiger partial charge in [-0.15, -0.1) is 0 Å². The Morgan fingerprint density at radius 3 is 2.52 bits per heavy atom. The number of carbonyl (C=O) groups is 2. The van der Waals surface area contributed by atoms with E-state index >= 15 is 0 Å². The highest BCUT2D eigenvalue weighted by Crippen LogP contribution is 2.24. The third-order valence-electron chi connectivity index (χ3n) is 3.95. The summed E-state index contributed by atoms with van der Waals surface area (Å²) in [7, 11) is 1.56. The molecule has 7 heteroatoms. The van der Waals surface area contributed by atoms with Gasteiger partial charge in [-0.1, -0.05) is 18.2 Å². The number of amides is 1.